The molecule has 0 spiro atoms. The van der Waals surface area contributed by atoms with Gasteiger partial charge in [-0.1, -0.05) is 44.1 Å². The summed E-state index contributed by atoms with van der Waals surface area (Å²) >= 11 is 0. The van der Waals surface area contributed by atoms with E-state index in [1.807, 2.05) is 63.1 Å². The van der Waals surface area contributed by atoms with Crippen LogP contribution in [0, 0.1) is 0 Å². The summed E-state index contributed by atoms with van der Waals surface area (Å²) in [4.78, 5) is 10.7. The minimum absolute atomic E-state index is 0.162. The number of para-hydroxylation sites is 1. The molecular formula is C19H25N5O2. The molecule has 0 bridgehead atoms. The third-order valence-corrected chi connectivity index (χ3v) is 3.96. The topological polar surface area (TPSA) is 79.7 Å². The van der Waals surface area contributed by atoms with Crippen molar-refractivity contribution in [3.05, 3.63) is 47.8 Å². The lowest BCUT2D eigenvalue weighted by atomic mass is 9.97. The monoisotopic (exact) mass is 355 g/mol. The number of hydrogen-bond donors (Lipinski definition) is 1. The minimum Gasteiger partial charge on any atom is -0.459 e. The zero-order chi connectivity index (χ0) is 18.7. The Kier molecular flexibility index (Phi) is 4.97. The van der Waals surface area contributed by atoms with Crippen LogP contribution >= 0.6 is 0 Å². The molecule has 0 amide bonds. The summed E-state index contributed by atoms with van der Waals surface area (Å²) < 4.78 is 11.2. The molecule has 0 aliphatic rings. The first kappa shape index (κ1) is 18.0. The average molecular weight is 355 g/mol. The summed E-state index contributed by atoms with van der Waals surface area (Å²) in [5.41, 5.74) is 0.728. The van der Waals surface area contributed by atoms with Crippen LogP contribution in [0.2, 0.25) is 0 Å². The van der Waals surface area contributed by atoms with E-state index in [0.29, 0.717) is 24.8 Å². The van der Waals surface area contributed by atoms with Crippen LogP contribution in [0.15, 0.2) is 44.3 Å². The molecule has 1 aromatic carbocycles. The van der Waals surface area contributed by atoms with Crippen molar-refractivity contribution in [1.29, 1.82) is 0 Å². The summed E-state index contributed by atoms with van der Waals surface area (Å²) in [5.74, 6) is 2.84. The van der Waals surface area contributed by atoms with E-state index in [1.54, 1.807) is 7.05 Å². The van der Waals surface area contributed by atoms with E-state index >= 15 is 0 Å². The number of aromatic nitrogens is 2. The van der Waals surface area contributed by atoms with Gasteiger partial charge in [0.25, 0.3) is 0 Å². The first-order valence-corrected chi connectivity index (χ1v) is 8.59. The number of rotatable bonds is 4. The highest BCUT2D eigenvalue weighted by Gasteiger charge is 2.21. The van der Waals surface area contributed by atoms with Gasteiger partial charge in [0.15, 0.2) is 11.8 Å². The molecule has 0 saturated carbocycles. The molecule has 7 heteroatoms. The number of hydrogen-bond acceptors (Lipinski definition) is 5. The van der Waals surface area contributed by atoms with E-state index in [1.165, 1.54) is 0 Å². The number of furan rings is 1. The van der Waals surface area contributed by atoms with Crippen molar-refractivity contribution in [2.75, 3.05) is 14.1 Å². The van der Waals surface area contributed by atoms with Crippen LogP contribution < -0.4 is 5.32 Å². The van der Waals surface area contributed by atoms with Gasteiger partial charge in [-0.15, -0.1) is 0 Å². The van der Waals surface area contributed by atoms with Crippen molar-refractivity contribution in [1.82, 2.24) is 20.4 Å². The molecule has 138 valence electrons. The fourth-order valence-electron chi connectivity index (χ4n) is 2.60. The van der Waals surface area contributed by atoms with Crippen LogP contribution in [0.25, 0.3) is 11.0 Å². The molecule has 0 radical (unpaired) electrons. The van der Waals surface area contributed by atoms with E-state index < -0.39 is 0 Å². The van der Waals surface area contributed by atoms with Gasteiger partial charge in [0, 0.05) is 24.9 Å². The molecule has 26 heavy (non-hydrogen) atoms. The van der Waals surface area contributed by atoms with Crippen molar-refractivity contribution in [2.45, 2.75) is 39.3 Å². The van der Waals surface area contributed by atoms with E-state index in [9.17, 15) is 0 Å². The van der Waals surface area contributed by atoms with Crippen LogP contribution in [0.3, 0.4) is 0 Å². The lowest BCUT2D eigenvalue weighted by Gasteiger charge is -2.20. The van der Waals surface area contributed by atoms with Gasteiger partial charge >= 0.3 is 0 Å². The quantitative estimate of drug-likeness (QED) is 0.571. The molecule has 0 fully saturated rings. The highest BCUT2D eigenvalue weighted by molar-refractivity contribution is 5.80. The molecule has 0 aliphatic carbocycles. The van der Waals surface area contributed by atoms with Crippen molar-refractivity contribution in [3.63, 3.8) is 0 Å². The van der Waals surface area contributed by atoms with Crippen LogP contribution in [0.1, 0.15) is 38.2 Å². The Balaban J connectivity index is 1.62. The van der Waals surface area contributed by atoms with Gasteiger partial charge in [0.05, 0.1) is 13.1 Å². The molecule has 1 N–H and O–H groups in total. The molecule has 2 aromatic heterocycles. The maximum absolute atomic E-state index is 5.87. The van der Waals surface area contributed by atoms with E-state index in [-0.39, 0.29) is 5.41 Å². The van der Waals surface area contributed by atoms with Gasteiger partial charge in [0.2, 0.25) is 5.89 Å². The lowest BCUT2D eigenvalue weighted by molar-refractivity contribution is 0.318. The second kappa shape index (κ2) is 7.19. The van der Waals surface area contributed by atoms with Crippen LogP contribution in [0.4, 0.5) is 0 Å². The minimum atomic E-state index is -0.162. The summed E-state index contributed by atoms with van der Waals surface area (Å²) in [5, 5.41) is 8.37. The smallest absolute Gasteiger partial charge is 0.232 e. The van der Waals surface area contributed by atoms with Crippen molar-refractivity contribution >= 4 is 16.9 Å². The van der Waals surface area contributed by atoms with Crippen molar-refractivity contribution < 1.29 is 8.94 Å². The number of guanidine groups is 1. The first-order valence-electron chi connectivity index (χ1n) is 8.59. The van der Waals surface area contributed by atoms with Gasteiger partial charge in [-0.05, 0) is 12.1 Å². The highest BCUT2D eigenvalue weighted by Crippen LogP contribution is 2.20. The number of fused-ring (bicyclic) bond motifs is 1. The molecular weight excluding hydrogens is 330 g/mol. The second-order valence-corrected chi connectivity index (χ2v) is 7.27. The molecule has 0 unspecified atom stereocenters. The zero-order valence-corrected chi connectivity index (χ0v) is 15.9. The Morgan fingerprint density at radius 1 is 1.27 bits per heavy atom. The van der Waals surface area contributed by atoms with Crippen molar-refractivity contribution in [3.8, 4) is 0 Å². The number of benzene rings is 1. The Bertz CT molecular complexity index is 871. The molecule has 0 aliphatic heterocycles. The normalized spacial score (nSPS) is 12.6. The fourth-order valence-corrected chi connectivity index (χ4v) is 2.60. The molecule has 0 atom stereocenters. The Morgan fingerprint density at radius 3 is 2.69 bits per heavy atom. The third-order valence-electron chi connectivity index (χ3n) is 3.96. The maximum Gasteiger partial charge on any atom is 0.232 e. The fraction of sp³-hybridized carbons (Fsp3) is 0.421. The third kappa shape index (κ3) is 4.04. The molecule has 2 heterocycles. The molecule has 0 saturated heterocycles. The number of nitrogens with one attached hydrogen (secondary N) is 1. The predicted octanol–water partition coefficient (Wildman–Crippen LogP) is 3.32. The van der Waals surface area contributed by atoms with Crippen LogP contribution in [0.5, 0.6) is 0 Å². The number of nitrogens with zero attached hydrogens (tertiary/aromatic N) is 4. The van der Waals surface area contributed by atoms with E-state index in [0.717, 1.165) is 22.7 Å². The average Bonchev–Trinajstić information content (AvgIpc) is 3.21. The first-order chi connectivity index (χ1) is 12.4. The van der Waals surface area contributed by atoms with Gasteiger partial charge in [-0.3, -0.25) is 4.99 Å². The Hall–Kier alpha value is -2.83. The van der Waals surface area contributed by atoms with Gasteiger partial charge < -0.3 is 19.2 Å². The Morgan fingerprint density at radius 2 is 2.04 bits per heavy atom. The summed E-state index contributed by atoms with van der Waals surface area (Å²) in [6, 6.07) is 10.0. The zero-order valence-electron chi connectivity index (χ0n) is 15.9. The lowest BCUT2D eigenvalue weighted by Crippen LogP contribution is -2.38. The van der Waals surface area contributed by atoms with Crippen LogP contribution in [-0.2, 0) is 18.5 Å². The standard InChI is InChI=1S/C19H25N5O2/c1-19(2,3)17-22-16(23-26-17)11-21-18(20-4)24(5)12-14-10-13-8-6-7-9-15(13)25-14/h6-10H,11-12H2,1-5H3,(H,20,21). The summed E-state index contributed by atoms with van der Waals surface area (Å²) in [6.07, 6.45) is 0. The van der Waals surface area contributed by atoms with Gasteiger partial charge in [-0.2, -0.15) is 4.98 Å². The van der Waals surface area contributed by atoms with Crippen molar-refractivity contribution in [2.24, 2.45) is 4.99 Å². The Labute approximate surface area is 153 Å². The van der Waals surface area contributed by atoms with Gasteiger partial charge in [-0.25, -0.2) is 0 Å². The summed E-state index contributed by atoms with van der Waals surface area (Å²) in [6.45, 7) is 7.16. The van der Waals surface area contributed by atoms with E-state index in [4.69, 9.17) is 8.94 Å². The van der Waals surface area contributed by atoms with E-state index in [2.05, 4.69) is 20.4 Å². The number of aliphatic imine (C=N–C) groups is 1. The summed E-state index contributed by atoms with van der Waals surface area (Å²) in [7, 11) is 3.70. The predicted molar refractivity (Wildman–Crippen MR) is 101 cm³/mol. The SMILES string of the molecule is CN=C(NCc1noc(C(C)(C)C)n1)N(C)Cc1cc2ccccc2o1. The second-order valence-electron chi connectivity index (χ2n) is 7.27. The molecule has 3 rings (SSSR count). The van der Waals surface area contributed by atoms with Gasteiger partial charge in [0.1, 0.15) is 11.3 Å². The van der Waals surface area contributed by atoms with Crippen LogP contribution in [-0.4, -0.2) is 35.1 Å². The molecule has 3 aromatic rings. The highest BCUT2D eigenvalue weighted by atomic mass is 16.5. The maximum atomic E-state index is 5.87. The largest absolute Gasteiger partial charge is 0.459 e. The molecule has 7 nitrogen and oxygen atoms in total.